The van der Waals surface area contributed by atoms with Crippen LogP contribution in [-0.2, 0) is 0 Å². The molecule has 0 amide bonds. The Bertz CT molecular complexity index is 620. The maximum Gasteiger partial charge on any atom is 0.101 e. The summed E-state index contributed by atoms with van der Waals surface area (Å²) in [5.41, 5.74) is 15.0. The Morgan fingerprint density at radius 1 is 0.950 bits per heavy atom. The zero-order valence-corrected chi connectivity index (χ0v) is 10.7. The van der Waals surface area contributed by atoms with Crippen molar-refractivity contribution < 1.29 is 10.2 Å². The van der Waals surface area contributed by atoms with E-state index in [1.165, 1.54) is 0 Å². The summed E-state index contributed by atoms with van der Waals surface area (Å²) in [7, 11) is 0. The minimum absolute atomic E-state index is 0.643. The summed E-state index contributed by atoms with van der Waals surface area (Å²) >= 11 is 0. The van der Waals surface area contributed by atoms with E-state index in [-0.39, 0.29) is 0 Å². The van der Waals surface area contributed by atoms with Gasteiger partial charge in [-0.3, -0.25) is 9.97 Å². The van der Waals surface area contributed by atoms with Gasteiger partial charge in [0.1, 0.15) is 12.2 Å². The third-order valence-corrected chi connectivity index (χ3v) is 3.75. The van der Waals surface area contributed by atoms with Gasteiger partial charge in [-0.15, -0.1) is 0 Å². The molecule has 20 heavy (non-hydrogen) atoms. The van der Waals surface area contributed by atoms with Gasteiger partial charge < -0.3 is 21.7 Å². The highest BCUT2D eigenvalue weighted by molar-refractivity contribution is 5.61. The summed E-state index contributed by atoms with van der Waals surface area (Å²) in [5, 5.41) is 19.8. The summed E-state index contributed by atoms with van der Waals surface area (Å²) in [5.74, 6) is 0. The molecule has 0 saturated carbocycles. The number of aromatic nitrogens is 2. The first-order valence-electron chi connectivity index (χ1n) is 6.37. The van der Waals surface area contributed by atoms with Gasteiger partial charge in [-0.2, -0.15) is 0 Å². The van der Waals surface area contributed by atoms with Gasteiger partial charge in [0.2, 0.25) is 0 Å². The van der Waals surface area contributed by atoms with E-state index in [2.05, 4.69) is 9.97 Å². The summed E-state index contributed by atoms with van der Waals surface area (Å²) in [4.78, 5) is 8.26. The molecule has 0 unspecified atom stereocenters. The molecule has 0 fully saturated rings. The van der Waals surface area contributed by atoms with Gasteiger partial charge in [0.05, 0.1) is 24.0 Å². The molecule has 4 atom stereocenters. The fraction of sp³-hybridized carbons (Fsp3) is 0.286. The van der Waals surface area contributed by atoms with E-state index in [1.807, 2.05) is 18.2 Å². The molecule has 6 N–H and O–H groups in total. The minimum Gasteiger partial charge on any atom is -0.388 e. The molecule has 0 spiro atoms. The van der Waals surface area contributed by atoms with Gasteiger partial charge in [0.25, 0.3) is 0 Å². The molecule has 0 radical (unpaired) electrons. The molecule has 6 heteroatoms. The average Bonchev–Trinajstić information content (AvgIpc) is 2.51. The third kappa shape index (κ3) is 1.99. The molecule has 1 aromatic carbocycles. The summed E-state index contributed by atoms with van der Waals surface area (Å²) in [6.07, 6.45) is 2.73. The van der Waals surface area contributed by atoms with Gasteiger partial charge in [-0.25, -0.2) is 0 Å². The lowest BCUT2D eigenvalue weighted by Crippen LogP contribution is -2.47. The van der Waals surface area contributed by atoms with Crippen molar-refractivity contribution in [3.8, 4) is 11.3 Å². The smallest absolute Gasteiger partial charge is 0.101 e. The monoisotopic (exact) mass is 272 g/mol. The Hall–Kier alpha value is -1.86. The van der Waals surface area contributed by atoms with Crippen molar-refractivity contribution in [1.82, 2.24) is 9.97 Å². The Balaban J connectivity index is 2.09. The fourth-order valence-electron chi connectivity index (χ4n) is 2.57. The van der Waals surface area contributed by atoms with Crippen LogP contribution in [0.5, 0.6) is 0 Å². The molecule has 6 nitrogen and oxygen atoms in total. The molecule has 1 aromatic heterocycles. The van der Waals surface area contributed by atoms with Gasteiger partial charge in [-0.1, -0.05) is 12.1 Å². The molecule has 2 aromatic rings. The normalized spacial score (nSPS) is 29.0. The van der Waals surface area contributed by atoms with E-state index in [4.69, 9.17) is 11.5 Å². The number of rotatable bonds is 1. The van der Waals surface area contributed by atoms with Crippen LogP contribution >= 0.6 is 0 Å². The van der Waals surface area contributed by atoms with Crippen molar-refractivity contribution in [2.24, 2.45) is 11.5 Å². The first-order chi connectivity index (χ1) is 9.59. The second-order valence-electron chi connectivity index (χ2n) is 4.97. The van der Waals surface area contributed by atoms with E-state index >= 15 is 0 Å². The Labute approximate surface area is 116 Å². The third-order valence-electron chi connectivity index (χ3n) is 3.75. The van der Waals surface area contributed by atoms with Crippen LogP contribution in [-0.4, -0.2) is 32.4 Å². The Morgan fingerprint density at radius 2 is 1.65 bits per heavy atom. The quantitative estimate of drug-likeness (QED) is 0.574. The van der Waals surface area contributed by atoms with Crippen LogP contribution in [0, 0.1) is 0 Å². The predicted octanol–water partition coefficient (Wildman–Crippen LogP) is -0.121. The van der Waals surface area contributed by atoms with E-state index < -0.39 is 24.3 Å². The number of hydrogen-bond acceptors (Lipinski definition) is 6. The molecule has 0 bridgehead atoms. The van der Waals surface area contributed by atoms with Crippen molar-refractivity contribution >= 4 is 0 Å². The maximum absolute atomic E-state index is 9.94. The van der Waals surface area contributed by atoms with Crippen LogP contribution in [0.3, 0.4) is 0 Å². The topological polar surface area (TPSA) is 118 Å². The van der Waals surface area contributed by atoms with E-state index in [9.17, 15) is 10.2 Å². The Kier molecular flexibility index (Phi) is 3.23. The van der Waals surface area contributed by atoms with E-state index in [0.29, 0.717) is 0 Å². The lowest BCUT2D eigenvalue weighted by Gasteiger charge is -2.36. The molecule has 3 rings (SSSR count). The summed E-state index contributed by atoms with van der Waals surface area (Å²) in [6.45, 7) is 0. The molecule has 0 aliphatic heterocycles. The minimum atomic E-state index is -1.07. The lowest BCUT2D eigenvalue weighted by atomic mass is 9.80. The molecule has 1 heterocycles. The van der Waals surface area contributed by atoms with Crippen LogP contribution in [0.1, 0.15) is 23.2 Å². The largest absolute Gasteiger partial charge is 0.388 e. The van der Waals surface area contributed by atoms with Crippen LogP contribution in [0.25, 0.3) is 11.3 Å². The number of nitrogens with two attached hydrogens (primary N) is 2. The van der Waals surface area contributed by atoms with Gasteiger partial charge in [0.15, 0.2) is 0 Å². The number of hydrogen-bond donors (Lipinski definition) is 4. The second kappa shape index (κ2) is 4.92. The summed E-state index contributed by atoms with van der Waals surface area (Å²) < 4.78 is 0. The van der Waals surface area contributed by atoms with Gasteiger partial charge in [0, 0.05) is 18.0 Å². The first-order valence-corrected chi connectivity index (χ1v) is 6.37. The number of fused-ring (bicyclic) bond motifs is 1. The number of nitrogens with zero attached hydrogens (tertiary/aromatic N) is 2. The fourth-order valence-corrected chi connectivity index (χ4v) is 2.57. The molecule has 104 valence electrons. The zero-order valence-electron chi connectivity index (χ0n) is 10.7. The van der Waals surface area contributed by atoms with Crippen molar-refractivity contribution in [1.29, 1.82) is 0 Å². The maximum atomic E-state index is 9.94. The van der Waals surface area contributed by atoms with Crippen LogP contribution in [0.15, 0.2) is 36.8 Å². The zero-order chi connectivity index (χ0) is 14.3. The van der Waals surface area contributed by atoms with E-state index in [0.717, 1.165) is 22.4 Å². The highest BCUT2D eigenvalue weighted by Crippen LogP contribution is 2.36. The summed E-state index contributed by atoms with van der Waals surface area (Å²) in [6, 6.07) is 4.21. The van der Waals surface area contributed by atoms with Crippen LogP contribution < -0.4 is 11.5 Å². The predicted molar refractivity (Wildman–Crippen MR) is 73.3 cm³/mol. The average molecular weight is 272 g/mol. The highest BCUT2D eigenvalue weighted by atomic mass is 16.3. The van der Waals surface area contributed by atoms with Gasteiger partial charge in [-0.05, 0) is 17.2 Å². The molecule has 1 aliphatic rings. The number of aliphatic hydroxyl groups is 2. The Morgan fingerprint density at radius 3 is 2.30 bits per heavy atom. The van der Waals surface area contributed by atoms with E-state index in [1.54, 1.807) is 18.6 Å². The number of benzene rings is 1. The van der Waals surface area contributed by atoms with Crippen LogP contribution in [0.4, 0.5) is 0 Å². The first kappa shape index (κ1) is 13.1. The SMILES string of the molecule is N[C@@H]1c2cc(-c3cnccn3)ccc2[C@H](N)[C@@H](O)[C@H]1O. The molecule has 0 saturated heterocycles. The molecular weight excluding hydrogens is 256 g/mol. The van der Waals surface area contributed by atoms with Crippen molar-refractivity contribution in [3.63, 3.8) is 0 Å². The standard InChI is InChI=1S/C14H16N4O2/c15-11-8-2-1-7(10-6-17-3-4-18-10)5-9(8)12(16)14(20)13(11)19/h1-6,11-14,19-20H,15-16H2/t11-,12+,13+,14-/m0/s1. The van der Waals surface area contributed by atoms with Crippen molar-refractivity contribution in [2.75, 3.05) is 0 Å². The molecular formula is C14H16N4O2. The van der Waals surface area contributed by atoms with Crippen LogP contribution in [0.2, 0.25) is 0 Å². The van der Waals surface area contributed by atoms with Gasteiger partial charge >= 0.3 is 0 Å². The van der Waals surface area contributed by atoms with Crippen molar-refractivity contribution in [3.05, 3.63) is 47.9 Å². The second-order valence-corrected chi connectivity index (χ2v) is 4.97. The number of aliphatic hydroxyl groups excluding tert-OH is 2. The highest BCUT2D eigenvalue weighted by Gasteiger charge is 2.37. The lowest BCUT2D eigenvalue weighted by molar-refractivity contribution is -0.0196. The molecule has 1 aliphatic carbocycles. The van der Waals surface area contributed by atoms with Crippen molar-refractivity contribution in [2.45, 2.75) is 24.3 Å².